The van der Waals surface area contributed by atoms with Gasteiger partial charge >= 0.3 is 5.97 Å². The normalized spacial score (nSPS) is 14.6. The van der Waals surface area contributed by atoms with Gasteiger partial charge in [0.15, 0.2) is 0 Å². The lowest BCUT2D eigenvalue weighted by molar-refractivity contribution is -0.139. The number of carboxylic acids is 1. The van der Waals surface area contributed by atoms with Crippen molar-refractivity contribution in [2.24, 2.45) is 0 Å². The second-order valence-corrected chi connectivity index (χ2v) is 4.36. The van der Waals surface area contributed by atoms with Crippen LogP contribution in [-0.4, -0.2) is 42.7 Å². The average molecular weight is 236 g/mol. The lowest BCUT2D eigenvalue weighted by Gasteiger charge is -2.26. The van der Waals surface area contributed by atoms with Gasteiger partial charge in [0.2, 0.25) is 0 Å². The summed E-state index contributed by atoms with van der Waals surface area (Å²) in [6.45, 7) is 2.27. The van der Waals surface area contributed by atoms with Crippen LogP contribution in [0.1, 0.15) is 18.5 Å². The van der Waals surface area contributed by atoms with Crippen LogP contribution in [0.5, 0.6) is 0 Å². The molecule has 0 spiro atoms. The highest BCUT2D eigenvalue weighted by Crippen LogP contribution is 2.16. The molecule has 0 amide bonds. The maximum absolute atomic E-state index is 10.7. The number of nitrogens with one attached hydrogen (secondary N) is 1. The van der Waals surface area contributed by atoms with Gasteiger partial charge in [-0.25, -0.2) is 0 Å². The zero-order chi connectivity index (χ0) is 12.8. The molecule has 0 fully saturated rings. The maximum Gasteiger partial charge on any atom is 0.320 e. The molecule has 0 saturated heterocycles. The lowest BCUT2D eigenvalue weighted by atomic mass is 10.1. The summed E-state index contributed by atoms with van der Waals surface area (Å²) in [5.41, 5.74) is 1.18. The van der Waals surface area contributed by atoms with Gasteiger partial charge in [0.25, 0.3) is 0 Å². The van der Waals surface area contributed by atoms with E-state index in [4.69, 9.17) is 5.11 Å². The number of benzene rings is 1. The minimum Gasteiger partial charge on any atom is -0.480 e. The fourth-order valence-electron chi connectivity index (χ4n) is 1.65. The van der Waals surface area contributed by atoms with Crippen molar-refractivity contribution in [3.05, 3.63) is 35.9 Å². The Kier molecular flexibility index (Phi) is 5.12. The molecule has 1 aromatic carbocycles. The molecular formula is C13H20N2O2. The van der Waals surface area contributed by atoms with Gasteiger partial charge < -0.3 is 15.3 Å². The summed E-state index contributed by atoms with van der Waals surface area (Å²) >= 11 is 0. The number of rotatable bonds is 6. The SMILES string of the molecule is CC(NCC(c1ccccc1)N(C)C)C(=O)O. The van der Waals surface area contributed by atoms with E-state index in [1.54, 1.807) is 6.92 Å². The van der Waals surface area contributed by atoms with E-state index in [1.165, 1.54) is 5.56 Å². The molecule has 2 unspecified atom stereocenters. The third kappa shape index (κ3) is 4.17. The van der Waals surface area contributed by atoms with E-state index in [0.717, 1.165) is 0 Å². The Bertz CT molecular complexity index is 352. The van der Waals surface area contributed by atoms with Crippen molar-refractivity contribution in [2.45, 2.75) is 19.0 Å². The van der Waals surface area contributed by atoms with E-state index in [-0.39, 0.29) is 6.04 Å². The molecule has 4 heteroatoms. The standard InChI is InChI=1S/C13H20N2O2/c1-10(13(16)17)14-9-12(15(2)3)11-7-5-4-6-8-11/h4-8,10,12,14H,9H2,1-3H3,(H,16,17). The molecule has 0 saturated carbocycles. The van der Waals surface area contributed by atoms with Crippen LogP contribution in [-0.2, 0) is 4.79 Å². The number of carbonyl (C=O) groups is 1. The summed E-state index contributed by atoms with van der Waals surface area (Å²) < 4.78 is 0. The number of aliphatic carboxylic acids is 1. The largest absolute Gasteiger partial charge is 0.480 e. The van der Waals surface area contributed by atoms with Gasteiger partial charge in [0.05, 0.1) is 0 Å². The summed E-state index contributed by atoms with van der Waals surface area (Å²) in [5.74, 6) is -0.824. The van der Waals surface area contributed by atoms with Crippen molar-refractivity contribution in [1.82, 2.24) is 10.2 Å². The summed E-state index contributed by atoms with van der Waals surface area (Å²) in [5, 5.41) is 11.8. The third-order valence-corrected chi connectivity index (χ3v) is 2.80. The van der Waals surface area contributed by atoms with Crippen molar-refractivity contribution in [2.75, 3.05) is 20.6 Å². The Morgan fingerprint density at radius 1 is 1.35 bits per heavy atom. The maximum atomic E-state index is 10.7. The van der Waals surface area contributed by atoms with E-state index in [2.05, 4.69) is 22.3 Å². The Hall–Kier alpha value is -1.39. The summed E-state index contributed by atoms with van der Waals surface area (Å²) in [6.07, 6.45) is 0. The van der Waals surface area contributed by atoms with Crippen molar-refractivity contribution < 1.29 is 9.90 Å². The Labute approximate surface area is 102 Å². The molecule has 4 nitrogen and oxygen atoms in total. The molecule has 0 heterocycles. The van der Waals surface area contributed by atoms with Crippen LogP contribution in [0, 0.1) is 0 Å². The topological polar surface area (TPSA) is 52.6 Å². The van der Waals surface area contributed by atoms with Crippen LogP contribution in [0.25, 0.3) is 0 Å². The van der Waals surface area contributed by atoms with Crippen LogP contribution in [0.2, 0.25) is 0 Å². The van der Waals surface area contributed by atoms with Gasteiger partial charge in [0, 0.05) is 12.6 Å². The predicted octanol–water partition coefficient (Wildman–Crippen LogP) is 1.35. The van der Waals surface area contributed by atoms with E-state index >= 15 is 0 Å². The first kappa shape index (κ1) is 13.7. The first-order valence-electron chi connectivity index (χ1n) is 5.70. The molecule has 0 bridgehead atoms. The van der Waals surface area contributed by atoms with Crippen molar-refractivity contribution in [3.8, 4) is 0 Å². The van der Waals surface area contributed by atoms with Gasteiger partial charge in [-0.3, -0.25) is 4.79 Å². The number of nitrogens with zero attached hydrogens (tertiary/aromatic N) is 1. The number of carboxylic acid groups (broad SMARTS) is 1. The monoisotopic (exact) mass is 236 g/mol. The molecule has 0 aliphatic carbocycles. The van der Waals surface area contributed by atoms with Gasteiger partial charge in [-0.05, 0) is 26.6 Å². The molecule has 0 radical (unpaired) electrons. The van der Waals surface area contributed by atoms with Crippen LogP contribution in [0.4, 0.5) is 0 Å². The van der Waals surface area contributed by atoms with Gasteiger partial charge in [-0.1, -0.05) is 30.3 Å². The quantitative estimate of drug-likeness (QED) is 0.783. The zero-order valence-corrected chi connectivity index (χ0v) is 10.6. The molecule has 94 valence electrons. The van der Waals surface area contributed by atoms with Crippen molar-refractivity contribution in [3.63, 3.8) is 0 Å². The highest BCUT2D eigenvalue weighted by atomic mass is 16.4. The summed E-state index contributed by atoms with van der Waals surface area (Å²) in [6, 6.07) is 9.72. The van der Waals surface area contributed by atoms with Crippen LogP contribution in [0.3, 0.4) is 0 Å². The van der Waals surface area contributed by atoms with Gasteiger partial charge in [0.1, 0.15) is 6.04 Å². The average Bonchev–Trinajstić information content (AvgIpc) is 2.29. The molecule has 0 aliphatic rings. The smallest absolute Gasteiger partial charge is 0.320 e. The Morgan fingerprint density at radius 2 is 1.94 bits per heavy atom. The summed E-state index contributed by atoms with van der Waals surface area (Å²) in [7, 11) is 3.98. The minimum atomic E-state index is -0.824. The van der Waals surface area contributed by atoms with Gasteiger partial charge in [-0.2, -0.15) is 0 Å². The molecule has 0 aliphatic heterocycles. The second-order valence-electron chi connectivity index (χ2n) is 4.36. The minimum absolute atomic E-state index is 0.179. The molecule has 2 atom stereocenters. The first-order chi connectivity index (χ1) is 8.02. The van der Waals surface area contributed by atoms with Crippen LogP contribution in [0.15, 0.2) is 30.3 Å². The second kappa shape index (κ2) is 6.37. The Balaban J connectivity index is 2.65. The number of likely N-dealkylation sites (N-methyl/N-ethyl adjacent to an activating group) is 1. The number of hydrogen-bond donors (Lipinski definition) is 2. The lowest BCUT2D eigenvalue weighted by Crippen LogP contribution is -2.39. The van der Waals surface area contributed by atoms with Crippen LogP contribution >= 0.6 is 0 Å². The highest BCUT2D eigenvalue weighted by Gasteiger charge is 2.16. The van der Waals surface area contributed by atoms with Crippen molar-refractivity contribution in [1.29, 1.82) is 0 Å². The number of hydrogen-bond acceptors (Lipinski definition) is 3. The zero-order valence-electron chi connectivity index (χ0n) is 10.6. The van der Waals surface area contributed by atoms with E-state index in [1.807, 2.05) is 32.3 Å². The van der Waals surface area contributed by atoms with Crippen LogP contribution < -0.4 is 5.32 Å². The summed E-state index contributed by atoms with van der Waals surface area (Å²) in [4.78, 5) is 12.8. The fraction of sp³-hybridized carbons (Fsp3) is 0.462. The first-order valence-corrected chi connectivity index (χ1v) is 5.70. The van der Waals surface area contributed by atoms with E-state index in [0.29, 0.717) is 6.54 Å². The van der Waals surface area contributed by atoms with Crippen molar-refractivity contribution >= 4 is 5.97 Å². The molecular weight excluding hydrogens is 216 g/mol. The highest BCUT2D eigenvalue weighted by molar-refractivity contribution is 5.72. The molecule has 1 rings (SSSR count). The van der Waals surface area contributed by atoms with E-state index in [9.17, 15) is 4.79 Å². The third-order valence-electron chi connectivity index (χ3n) is 2.80. The van der Waals surface area contributed by atoms with Gasteiger partial charge in [-0.15, -0.1) is 0 Å². The van der Waals surface area contributed by atoms with E-state index < -0.39 is 12.0 Å². The molecule has 17 heavy (non-hydrogen) atoms. The predicted molar refractivity (Wildman–Crippen MR) is 68.0 cm³/mol. The molecule has 1 aromatic rings. The Morgan fingerprint density at radius 3 is 2.41 bits per heavy atom. The molecule has 2 N–H and O–H groups in total. The molecule has 0 aromatic heterocycles. The fourth-order valence-corrected chi connectivity index (χ4v) is 1.65.